The van der Waals surface area contributed by atoms with Crippen LogP contribution in [0, 0.1) is 0 Å². The van der Waals surface area contributed by atoms with Crippen LogP contribution < -0.4 is 11.5 Å². The van der Waals surface area contributed by atoms with Gasteiger partial charge in [0.25, 0.3) is 0 Å². The fourth-order valence-electron chi connectivity index (χ4n) is 1.56. The topological polar surface area (TPSA) is 127 Å². The minimum Gasteiger partial charge on any atom is -0.480 e. The summed E-state index contributed by atoms with van der Waals surface area (Å²) in [4.78, 5) is 21.9. The molecule has 0 aliphatic carbocycles. The zero-order chi connectivity index (χ0) is 15.1. The van der Waals surface area contributed by atoms with Crippen LogP contribution in [0.5, 0.6) is 0 Å². The fraction of sp³-hybridized carbons (Fsp3) is 0.818. The fourth-order valence-corrected chi connectivity index (χ4v) is 2.15. The Morgan fingerprint density at radius 3 is 1.37 bits per heavy atom. The van der Waals surface area contributed by atoms with E-state index in [-0.39, 0.29) is 11.5 Å². The SMILES string of the molecule is NC(CS)(CCCCCC(N)(CS)C(=O)O)C(=O)O. The summed E-state index contributed by atoms with van der Waals surface area (Å²) in [6.07, 6.45) is 2.45. The number of hydrogen-bond donors (Lipinski definition) is 6. The highest BCUT2D eigenvalue weighted by molar-refractivity contribution is 7.80. The van der Waals surface area contributed by atoms with Gasteiger partial charge in [-0.2, -0.15) is 25.3 Å². The molecule has 6 N–H and O–H groups in total. The summed E-state index contributed by atoms with van der Waals surface area (Å²) in [5.74, 6) is -2.02. The molecule has 0 aliphatic heterocycles. The Balaban J connectivity index is 4.06. The molecule has 0 aromatic heterocycles. The van der Waals surface area contributed by atoms with Crippen molar-refractivity contribution in [3.8, 4) is 0 Å². The van der Waals surface area contributed by atoms with Crippen LogP contribution in [-0.2, 0) is 9.59 Å². The van der Waals surface area contributed by atoms with E-state index in [1.165, 1.54) is 0 Å². The number of thiol groups is 2. The molecule has 0 saturated carbocycles. The zero-order valence-corrected chi connectivity index (χ0v) is 12.5. The summed E-state index contributed by atoms with van der Waals surface area (Å²) in [5, 5.41) is 17.9. The van der Waals surface area contributed by atoms with Crippen LogP contribution in [0.4, 0.5) is 0 Å². The minimum atomic E-state index is -1.32. The van der Waals surface area contributed by atoms with Crippen molar-refractivity contribution in [1.29, 1.82) is 0 Å². The lowest BCUT2D eigenvalue weighted by Gasteiger charge is -2.24. The predicted octanol–water partition coefficient (Wildman–Crippen LogP) is 0.361. The Kier molecular flexibility index (Phi) is 7.80. The predicted molar refractivity (Wildman–Crippen MR) is 79.9 cm³/mol. The average Bonchev–Trinajstić information content (AvgIpc) is 2.37. The van der Waals surface area contributed by atoms with Crippen molar-refractivity contribution in [1.82, 2.24) is 0 Å². The lowest BCUT2D eigenvalue weighted by atomic mass is 9.92. The first kappa shape index (κ1) is 18.6. The van der Waals surface area contributed by atoms with Crippen molar-refractivity contribution >= 4 is 37.2 Å². The van der Waals surface area contributed by atoms with Crippen molar-refractivity contribution in [3.63, 3.8) is 0 Å². The molecule has 0 aromatic rings. The Morgan fingerprint density at radius 2 is 1.16 bits per heavy atom. The van der Waals surface area contributed by atoms with E-state index in [1.807, 2.05) is 0 Å². The van der Waals surface area contributed by atoms with Crippen molar-refractivity contribution in [2.75, 3.05) is 11.5 Å². The number of carbonyl (C=O) groups is 2. The molecule has 0 fully saturated rings. The lowest BCUT2D eigenvalue weighted by Crippen LogP contribution is -2.50. The van der Waals surface area contributed by atoms with E-state index in [1.54, 1.807) is 0 Å². The third-order valence-corrected chi connectivity index (χ3v) is 4.29. The van der Waals surface area contributed by atoms with Crippen LogP contribution in [0.15, 0.2) is 0 Å². The molecular formula is C11H22N2O4S2. The van der Waals surface area contributed by atoms with E-state index >= 15 is 0 Å². The Morgan fingerprint density at radius 1 is 0.842 bits per heavy atom. The Bertz CT molecular complexity index is 300. The molecule has 0 bridgehead atoms. The van der Waals surface area contributed by atoms with Gasteiger partial charge in [-0.1, -0.05) is 19.3 Å². The molecule has 19 heavy (non-hydrogen) atoms. The first-order chi connectivity index (χ1) is 8.72. The van der Waals surface area contributed by atoms with Crippen molar-refractivity contribution in [3.05, 3.63) is 0 Å². The minimum absolute atomic E-state index is 0.0644. The van der Waals surface area contributed by atoms with Crippen molar-refractivity contribution in [2.24, 2.45) is 11.5 Å². The average molecular weight is 310 g/mol. The summed E-state index contributed by atoms with van der Waals surface area (Å²) in [6, 6.07) is 0. The van der Waals surface area contributed by atoms with Gasteiger partial charge >= 0.3 is 11.9 Å². The highest BCUT2D eigenvalue weighted by Crippen LogP contribution is 2.18. The molecule has 2 atom stereocenters. The number of unbranched alkanes of at least 4 members (excludes halogenated alkanes) is 2. The molecule has 0 aliphatic rings. The number of nitrogens with two attached hydrogens (primary N) is 2. The van der Waals surface area contributed by atoms with Gasteiger partial charge in [-0.15, -0.1) is 0 Å². The van der Waals surface area contributed by atoms with E-state index in [0.717, 1.165) is 0 Å². The zero-order valence-electron chi connectivity index (χ0n) is 10.7. The molecule has 0 spiro atoms. The summed E-state index contributed by atoms with van der Waals surface area (Å²) in [5.41, 5.74) is 8.71. The second kappa shape index (κ2) is 7.98. The lowest BCUT2D eigenvalue weighted by molar-refractivity contribution is -0.143. The molecule has 8 heteroatoms. The molecule has 0 saturated heterocycles. The molecule has 0 aromatic carbocycles. The van der Waals surface area contributed by atoms with Crippen LogP contribution in [0.1, 0.15) is 32.1 Å². The van der Waals surface area contributed by atoms with Gasteiger partial charge < -0.3 is 21.7 Å². The van der Waals surface area contributed by atoms with Crippen molar-refractivity contribution < 1.29 is 19.8 Å². The number of carboxylic acid groups (broad SMARTS) is 2. The third kappa shape index (κ3) is 5.60. The first-order valence-electron chi connectivity index (χ1n) is 5.98. The van der Waals surface area contributed by atoms with E-state index in [4.69, 9.17) is 21.7 Å². The monoisotopic (exact) mass is 310 g/mol. The standard InChI is InChI=1S/C11H22N2O4S2/c12-10(6-18,8(14)15)4-2-1-3-5-11(13,7-19)9(16)17/h18-19H,1-7,12-13H2,(H,14,15)(H,16,17). The normalized spacial score (nSPS) is 17.5. The maximum atomic E-state index is 10.9. The highest BCUT2D eigenvalue weighted by atomic mass is 32.1. The van der Waals surface area contributed by atoms with E-state index < -0.39 is 23.0 Å². The van der Waals surface area contributed by atoms with Gasteiger partial charge in [0.1, 0.15) is 11.1 Å². The van der Waals surface area contributed by atoms with Gasteiger partial charge in [0.2, 0.25) is 0 Å². The second-order valence-electron chi connectivity index (χ2n) is 4.80. The van der Waals surface area contributed by atoms with Gasteiger partial charge in [0, 0.05) is 11.5 Å². The third-order valence-electron chi connectivity index (χ3n) is 3.16. The number of aliphatic carboxylic acids is 2. The van der Waals surface area contributed by atoms with E-state index in [0.29, 0.717) is 32.1 Å². The molecule has 0 rings (SSSR count). The van der Waals surface area contributed by atoms with Crippen LogP contribution in [0.3, 0.4) is 0 Å². The van der Waals surface area contributed by atoms with Crippen LogP contribution in [0.2, 0.25) is 0 Å². The van der Waals surface area contributed by atoms with Gasteiger partial charge in [-0.05, 0) is 12.8 Å². The molecule has 0 radical (unpaired) electrons. The smallest absolute Gasteiger partial charge is 0.324 e. The number of hydrogen-bond acceptors (Lipinski definition) is 6. The summed E-state index contributed by atoms with van der Waals surface area (Å²) in [7, 11) is 0. The van der Waals surface area contributed by atoms with Crippen LogP contribution >= 0.6 is 25.3 Å². The van der Waals surface area contributed by atoms with Gasteiger partial charge in [-0.3, -0.25) is 9.59 Å². The summed E-state index contributed by atoms with van der Waals surface area (Å²) < 4.78 is 0. The maximum absolute atomic E-state index is 10.9. The Hall–Kier alpha value is -0.440. The largest absolute Gasteiger partial charge is 0.480 e. The van der Waals surface area contributed by atoms with Gasteiger partial charge in [-0.25, -0.2) is 0 Å². The highest BCUT2D eigenvalue weighted by Gasteiger charge is 2.33. The van der Waals surface area contributed by atoms with Gasteiger partial charge in [0.15, 0.2) is 0 Å². The molecule has 112 valence electrons. The van der Waals surface area contributed by atoms with E-state index in [2.05, 4.69) is 25.3 Å². The Labute approximate surface area is 123 Å². The quantitative estimate of drug-likeness (QED) is 0.255. The molecule has 6 nitrogen and oxygen atoms in total. The number of carboxylic acids is 2. The maximum Gasteiger partial charge on any atom is 0.324 e. The molecule has 2 unspecified atom stereocenters. The van der Waals surface area contributed by atoms with E-state index in [9.17, 15) is 9.59 Å². The molecular weight excluding hydrogens is 288 g/mol. The van der Waals surface area contributed by atoms with Crippen molar-refractivity contribution in [2.45, 2.75) is 43.2 Å². The van der Waals surface area contributed by atoms with Crippen LogP contribution in [0.25, 0.3) is 0 Å². The summed E-state index contributed by atoms with van der Waals surface area (Å²) in [6.45, 7) is 0. The molecule has 0 amide bonds. The number of rotatable bonds is 10. The second-order valence-corrected chi connectivity index (χ2v) is 5.43. The summed E-state index contributed by atoms with van der Waals surface area (Å²) >= 11 is 7.88. The molecule has 0 heterocycles. The van der Waals surface area contributed by atoms with Gasteiger partial charge in [0.05, 0.1) is 0 Å². The van der Waals surface area contributed by atoms with Crippen LogP contribution in [-0.4, -0.2) is 44.7 Å². The first-order valence-corrected chi connectivity index (χ1v) is 7.24.